The lowest BCUT2D eigenvalue weighted by atomic mass is 9.82. The number of esters is 1. The van der Waals surface area contributed by atoms with Gasteiger partial charge in [0.05, 0.1) is 5.56 Å². The Morgan fingerprint density at radius 1 is 1.20 bits per heavy atom. The number of aromatic nitrogens is 6. The fraction of sp³-hybridized carbons (Fsp3) is 0.389. The predicted molar refractivity (Wildman–Crippen MR) is 104 cm³/mol. The SMILES string of the molecule is O=C(O)Cn1nnc(-c2nnc(N3CCC4(CC3)Cc3ccccc3C(=O)O4)s2)n1. The van der Waals surface area contributed by atoms with Crippen molar-refractivity contribution in [1.82, 2.24) is 30.4 Å². The van der Waals surface area contributed by atoms with Crippen molar-refractivity contribution in [3.05, 3.63) is 35.4 Å². The Morgan fingerprint density at radius 3 is 2.80 bits per heavy atom. The standard InChI is InChI=1S/C18H17N7O4S/c26-13(27)10-25-22-14(19-23-25)15-20-21-17(30-15)24-7-5-18(6-8-24)9-11-3-1-2-4-12(11)16(28)29-18/h1-4H,5-10H2,(H,26,27). The van der Waals surface area contributed by atoms with Gasteiger partial charge in [-0.15, -0.1) is 20.4 Å². The molecule has 0 bridgehead atoms. The first-order chi connectivity index (χ1) is 14.5. The zero-order valence-corrected chi connectivity index (χ0v) is 16.6. The maximum absolute atomic E-state index is 12.4. The van der Waals surface area contributed by atoms with E-state index in [4.69, 9.17) is 9.84 Å². The largest absolute Gasteiger partial charge is 0.480 e. The van der Waals surface area contributed by atoms with E-state index in [1.54, 1.807) is 0 Å². The Bertz CT molecular complexity index is 1120. The molecule has 5 rings (SSSR count). The Kier molecular flexibility index (Phi) is 4.42. The topological polar surface area (TPSA) is 136 Å². The van der Waals surface area contributed by atoms with E-state index in [1.807, 2.05) is 24.3 Å². The van der Waals surface area contributed by atoms with Crippen LogP contribution in [0.2, 0.25) is 0 Å². The number of carboxylic acid groups (broad SMARTS) is 1. The van der Waals surface area contributed by atoms with Gasteiger partial charge in [0, 0.05) is 32.4 Å². The van der Waals surface area contributed by atoms with E-state index in [1.165, 1.54) is 11.3 Å². The molecule has 1 N–H and O–H groups in total. The summed E-state index contributed by atoms with van der Waals surface area (Å²) in [5, 5.41) is 29.9. The van der Waals surface area contributed by atoms with Crippen LogP contribution in [-0.4, -0.2) is 66.1 Å². The molecule has 0 aliphatic carbocycles. The average Bonchev–Trinajstić information content (AvgIpc) is 3.38. The number of rotatable bonds is 4. The number of carbonyl (C=O) groups excluding carboxylic acids is 1. The number of benzene rings is 1. The summed E-state index contributed by atoms with van der Waals surface area (Å²) < 4.78 is 5.86. The van der Waals surface area contributed by atoms with Gasteiger partial charge in [0.1, 0.15) is 5.60 Å². The monoisotopic (exact) mass is 427 g/mol. The van der Waals surface area contributed by atoms with Gasteiger partial charge in [-0.3, -0.25) is 4.79 Å². The van der Waals surface area contributed by atoms with Crippen molar-refractivity contribution in [3.8, 4) is 10.8 Å². The number of nitrogens with zero attached hydrogens (tertiary/aromatic N) is 7. The van der Waals surface area contributed by atoms with Gasteiger partial charge in [-0.1, -0.05) is 29.5 Å². The lowest BCUT2D eigenvalue weighted by Gasteiger charge is -2.43. The van der Waals surface area contributed by atoms with Gasteiger partial charge in [0.15, 0.2) is 11.6 Å². The number of aliphatic carboxylic acids is 1. The molecule has 2 aromatic heterocycles. The number of carbonyl (C=O) groups is 2. The van der Waals surface area contributed by atoms with Crippen LogP contribution in [0.1, 0.15) is 28.8 Å². The summed E-state index contributed by atoms with van der Waals surface area (Å²) in [4.78, 5) is 26.3. The second-order valence-electron chi connectivity index (χ2n) is 7.32. The van der Waals surface area contributed by atoms with Crippen LogP contribution in [0.3, 0.4) is 0 Å². The molecule has 0 radical (unpaired) electrons. The maximum atomic E-state index is 12.4. The molecular weight excluding hydrogens is 410 g/mol. The maximum Gasteiger partial charge on any atom is 0.338 e. The number of tetrazole rings is 1. The van der Waals surface area contributed by atoms with Crippen LogP contribution in [0.15, 0.2) is 24.3 Å². The Labute approximate surface area is 174 Å². The van der Waals surface area contributed by atoms with E-state index >= 15 is 0 Å². The van der Waals surface area contributed by atoms with Crippen molar-refractivity contribution >= 4 is 28.4 Å². The van der Waals surface area contributed by atoms with Gasteiger partial charge in [0.2, 0.25) is 11.0 Å². The molecule has 2 aliphatic rings. The average molecular weight is 427 g/mol. The van der Waals surface area contributed by atoms with Crippen molar-refractivity contribution in [2.24, 2.45) is 0 Å². The zero-order valence-electron chi connectivity index (χ0n) is 15.8. The normalized spacial score (nSPS) is 17.6. The molecule has 0 atom stereocenters. The Hall–Kier alpha value is -3.41. The van der Waals surface area contributed by atoms with E-state index in [-0.39, 0.29) is 18.3 Å². The number of carboxylic acids is 1. The molecule has 154 valence electrons. The molecule has 0 unspecified atom stereocenters. The highest BCUT2D eigenvalue weighted by atomic mass is 32.1. The molecule has 1 fully saturated rings. The highest BCUT2D eigenvalue weighted by Gasteiger charge is 2.43. The number of hydrogen-bond acceptors (Lipinski definition) is 10. The van der Waals surface area contributed by atoms with Gasteiger partial charge < -0.3 is 14.7 Å². The van der Waals surface area contributed by atoms with Crippen LogP contribution >= 0.6 is 11.3 Å². The highest BCUT2D eigenvalue weighted by molar-refractivity contribution is 7.18. The van der Waals surface area contributed by atoms with Gasteiger partial charge >= 0.3 is 11.9 Å². The Morgan fingerprint density at radius 2 is 2.00 bits per heavy atom. The third kappa shape index (κ3) is 3.38. The molecule has 30 heavy (non-hydrogen) atoms. The molecule has 2 aliphatic heterocycles. The molecule has 4 heterocycles. The third-order valence-electron chi connectivity index (χ3n) is 5.34. The zero-order chi connectivity index (χ0) is 20.7. The van der Waals surface area contributed by atoms with Crippen LogP contribution in [-0.2, 0) is 22.5 Å². The van der Waals surface area contributed by atoms with Gasteiger partial charge in [0.25, 0.3) is 0 Å². The third-order valence-corrected chi connectivity index (χ3v) is 6.32. The smallest absolute Gasteiger partial charge is 0.338 e. The Balaban J connectivity index is 1.27. The van der Waals surface area contributed by atoms with Gasteiger partial charge in [-0.05, 0) is 16.8 Å². The second kappa shape index (κ2) is 7.13. The predicted octanol–water partition coefficient (Wildman–Crippen LogP) is 1.03. The fourth-order valence-corrected chi connectivity index (χ4v) is 4.66. The molecule has 11 nitrogen and oxygen atoms in total. The van der Waals surface area contributed by atoms with E-state index in [9.17, 15) is 9.59 Å². The lowest BCUT2D eigenvalue weighted by molar-refractivity contribution is -0.138. The van der Waals surface area contributed by atoms with Crippen LogP contribution in [0.4, 0.5) is 5.13 Å². The van der Waals surface area contributed by atoms with Crippen LogP contribution in [0.5, 0.6) is 0 Å². The van der Waals surface area contributed by atoms with Crippen LogP contribution in [0.25, 0.3) is 10.8 Å². The van der Waals surface area contributed by atoms with Crippen LogP contribution < -0.4 is 4.90 Å². The number of ether oxygens (including phenoxy) is 1. The number of hydrogen-bond donors (Lipinski definition) is 1. The summed E-state index contributed by atoms with van der Waals surface area (Å²) in [7, 11) is 0. The molecule has 1 spiro atoms. The molecule has 1 aromatic carbocycles. The summed E-state index contributed by atoms with van der Waals surface area (Å²) in [6.07, 6.45) is 2.13. The molecule has 1 saturated heterocycles. The number of fused-ring (bicyclic) bond motifs is 1. The molecule has 3 aromatic rings. The minimum Gasteiger partial charge on any atom is -0.480 e. The van der Waals surface area contributed by atoms with Crippen molar-refractivity contribution in [3.63, 3.8) is 0 Å². The van der Waals surface area contributed by atoms with Crippen molar-refractivity contribution in [1.29, 1.82) is 0 Å². The second-order valence-corrected chi connectivity index (χ2v) is 8.28. The summed E-state index contributed by atoms with van der Waals surface area (Å²) in [5.41, 5.74) is 1.22. The number of piperidine rings is 1. The molecule has 0 saturated carbocycles. The quantitative estimate of drug-likeness (QED) is 0.601. The highest BCUT2D eigenvalue weighted by Crippen LogP contribution is 2.38. The fourth-order valence-electron chi connectivity index (χ4n) is 3.84. The first kappa shape index (κ1) is 18.6. The van der Waals surface area contributed by atoms with Gasteiger partial charge in [-0.25, -0.2) is 4.79 Å². The summed E-state index contributed by atoms with van der Waals surface area (Å²) in [5.74, 6) is -1.06. The van der Waals surface area contributed by atoms with E-state index < -0.39 is 11.6 Å². The van der Waals surface area contributed by atoms with E-state index in [0.717, 1.165) is 21.9 Å². The summed E-state index contributed by atoms with van der Waals surface area (Å²) in [6.45, 7) is 1.00. The first-order valence-corrected chi connectivity index (χ1v) is 10.2. The van der Waals surface area contributed by atoms with Crippen molar-refractivity contribution < 1.29 is 19.4 Å². The van der Waals surface area contributed by atoms with Crippen LogP contribution in [0, 0.1) is 0 Å². The minimum absolute atomic E-state index is 0.242. The first-order valence-electron chi connectivity index (χ1n) is 9.41. The van der Waals surface area contributed by atoms with Crippen molar-refractivity contribution in [2.75, 3.05) is 18.0 Å². The van der Waals surface area contributed by atoms with Crippen molar-refractivity contribution in [2.45, 2.75) is 31.4 Å². The lowest BCUT2D eigenvalue weighted by Crippen LogP contribution is -2.50. The van der Waals surface area contributed by atoms with E-state index in [0.29, 0.717) is 36.5 Å². The minimum atomic E-state index is -1.05. The molecular formula is C18H17N7O4S. The summed E-state index contributed by atoms with van der Waals surface area (Å²) in [6, 6.07) is 7.60. The van der Waals surface area contributed by atoms with E-state index in [2.05, 4.69) is 30.5 Å². The van der Waals surface area contributed by atoms with Gasteiger partial charge in [-0.2, -0.15) is 4.80 Å². The summed E-state index contributed by atoms with van der Waals surface area (Å²) >= 11 is 1.32. The number of anilines is 1. The molecule has 0 amide bonds. The molecule has 12 heteroatoms.